The summed E-state index contributed by atoms with van der Waals surface area (Å²) in [5.74, 6) is -1.21. The van der Waals surface area contributed by atoms with Crippen LogP contribution in [0.4, 0.5) is 13.2 Å². The summed E-state index contributed by atoms with van der Waals surface area (Å²) in [4.78, 5) is 32.1. The van der Waals surface area contributed by atoms with E-state index in [1.807, 2.05) is 11.3 Å². The van der Waals surface area contributed by atoms with Crippen molar-refractivity contribution >= 4 is 23.2 Å². The number of rotatable bonds is 3. The van der Waals surface area contributed by atoms with Gasteiger partial charge >= 0.3 is 6.18 Å². The van der Waals surface area contributed by atoms with Gasteiger partial charge in [-0.3, -0.25) is 4.79 Å². The molecule has 6 rings (SSSR count). The Labute approximate surface area is 249 Å². The molecule has 11 heteroatoms. The van der Waals surface area contributed by atoms with E-state index in [-0.39, 0.29) is 11.3 Å². The predicted molar refractivity (Wildman–Crippen MR) is 150 cm³/mol. The second-order valence-electron chi connectivity index (χ2n) is 12.4. The average Bonchev–Trinajstić information content (AvgIpc) is 3.54. The van der Waals surface area contributed by atoms with E-state index in [9.17, 15) is 18.0 Å². The normalized spacial score (nSPS) is 28.5. The van der Waals surface area contributed by atoms with Gasteiger partial charge in [0.2, 0.25) is 5.91 Å². The Bertz CT molecular complexity index is 1230. The highest BCUT2D eigenvalue weighted by molar-refractivity contribution is 7.11. The number of carbonyl (C=O) groups excluding carboxylic acids is 2. The van der Waals surface area contributed by atoms with Gasteiger partial charge in [0.25, 0.3) is 0 Å². The molecule has 0 radical (unpaired) electrons. The van der Waals surface area contributed by atoms with Crippen LogP contribution in [0.3, 0.4) is 0 Å². The number of aryl methyl sites for hydroxylation is 1. The third-order valence-electron chi connectivity index (χ3n) is 9.89. The summed E-state index contributed by atoms with van der Waals surface area (Å²) in [5.41, 5.74) is 2.69. The first-order valence-electron chi connectivity index (χ1n) is 15.3. The number of carboxylic acid groups (broad SMARTS) is 1. The third-order valence-corrected chi connectivity index (χ3v) is 11.1. The zero-order chi connectivity index (χ0) is 29.9. The van der Waals surface area contributed by atoms with Crippen molar-refractivity contribution in [2.75, 3.05) is 26.2 Å². The molecule has 3 aliphatic heterocycles. The minimum atomic E-state index is -5.19. The molecule has 1 aromatic heterocycles. The number of aliphatic carboxylic acids is 1. The van der Waals surface area contributed by atoms with Gasteiger partial charge in [0, 0.05) is 23.9 Å². The summed E-state index contributed by atoms with van der Waals surface area (Å²) >= 11 is 1.87. The molecule has 1 saturated carbocycles. The zero-order valence-electron chi connectivity index (χ0n) is 24.2. The summed E-state index contributed by atoms with van der Waals surface area (Å²) in [5, 5.41) is 14.8. The monoisotopic (exact) mass is 607 g/mol. The zero-order valence-corrected chi connectivity index (χ0v) is 25.0. The number of likely N-dealkylation sites (tertiary alicyclic amines) is 1. The Balaban J connectivity index is 0.000000451. The number of thiazole rings is 1. The van der Waals surface area contributed by atoms with Crippen LogP contribution in [0.2, 0.25) is 0 Å². The first-order valence-corrected chi connectivity index (χ1v) is 16.2. The molecule has 1 amide bonds. The number of nitrogens with two attached hydrogens (primary N) is 2. The fourth-order valence-corrected chi connectivity index (χ4v) is 9.14. The molecule has 1 spiro atoms. The van der Waals surface area contributed by atoms with E-state index in [0.29, 0.717) is 23.8 Å². The van der Waals surface area contributed by atoms with E-state index in [4.69, 9.17) is 14.9 Å². The maximum absolute atomic E-state index is 14.6. The smallest absolute Gasteiger partial charge is 0.430 e. The van der Waals surface area contributed by atoms with E-state index in [0.717, 1.165) is 57.0 Å². The molecule has 3 fully saturated rings. The summed E-state index contributed by atoms with van der Waals surface area (Å²) < 4.78 is 31.5. The minimum Gasteiger partial charge on any atom is -0.542 e. The highest BCUT2D eigenvalue weighted by Crippen LogP contribution is 2.45. The van der Waals surface area contributed by atoms with Crippen LogP contribution in [0, 0.1) is 18.8 Å². The van der Waals surface area contributed by atoms with Gasteiger partial charge < -0.3 is 25.4 Å². The van der Waals surface area contributed by atoms with Gasteiger partial charge in [-0.15, -0.1) is 11.3 Å². The molecule has 1 unspecified atom stereocenters. The fourth-order valence-electron chi connectivity index (χ4n) is 7.91. The van der Waals surface area contributed by atoms with Crippen molar-refractivity contribution < 1.29 is 38.5 Å². The Morgan fingerprint density at radius 1 is 1.10 bits per heavy atom. The molecule has 0 bridgehead atoms. The summed E-state index contributed by atoms with van der Waals surface area (Å²) in [6, 6.07) is 11.5. The van der Waals surface area contributed by atoms with E-state index in [1.54, 1.807) is 0 Å². The van der Waals surface area contributed by atoms with Gasteiger partial charge in [-0.25, -0.2) is 4.98 Å². The number of aromatic nitrogens is 1. The first kappa shape index (κ1) is 30.9. The van der Waals surface area contributed by atoms with Crippen LogP contribution in [-0.2, 0) is 21.5 Å². The van der Waals surface area contributed by atoms with Crippen molar-refractivity contribution in [2.45, 2.75) is 88.4 Å². The lowest BCUT2D eigenvalue weighted by Crippen LogP contribution is -2.83. The van der Waals surface area contributed by atoms with Crippen LogP contribution < -0.4 is 15.7 Å². The predicted octanol–water partition coefficient (Wildman–Crippen LogP) is 2.00. The van der Waals surface area contributed by atoms with Gasteiger partial charge in [-0.1, -0.05) is 49.6 Å². The van der Waals surface area contributed by atoms with Gasteiger partial charge in [-0.2, -0.15) is 13.2 Å². The largest absolute Gasteiger partial charge is 0.542 e. The van der Waals surface area contributed by atoms with Crippen LogP contribution in [0.5, 0.6) is 0 Å². The van der Waals surface area contributed by atoms with Gasteiger partial charge in [-0.05, 0) is 50.0 Å². The van der Waals surface area contributed by atoms with Crippen molar-refractivity contribution in [3.8, 4) is 0 Å². The Morgan fingerprint density at radius 2 is 1.81 bits per heavy atom. The number of carbonyl (C=O) groups is 2. The molecule has 4 heterocycles. The highest BCUT2D eigenvalue weighted by Gasteiger charge is 2.56. The number of piperidine rings is 1. The highest BCUT2D eigenvalue weighted by atomic mass is 32.1. The number of amides is 1. The molecule has 1 aliphatic carbocycles. The number of hydrogen-bond acceptors (Lipinski definition) is 5. The molecule has 4 N–H and O–H groups in total. The van der Waals surface area contributed by atoms with Crippen molar-refractivity contribution in [3.63, 3.8) is 0 Å². The SMILES string of the molecule is Cc1nc2c(s1)[C@]1(CC[NH2+]C2)C[NH2+]CC1C(=O)N1CC[C@@H](c2ccccc2)C[C@H]1C1CCCCC1.O=C([O-])C(F)(F)F. The number of nitrogens with zero attached hydrogens (tertiary/aromatic N) is 2. The van der Waals surface area contributed by atoms with E-state index < -0.39 is 12.1 Å². The summed E-state index contributed by atoms with van der Waals surface area (Å²) in [7, 11) is 0. The second-order valence-corrected chi connectivity index (χ2v) is 13.6. The van der Waals surface area contributed by atoms with E-state index in [1.165, 1.54) is 48.2 Å². The summed E-state index contributed by atoms with van der Waals surface area (Å²) in [6.45, 7) is 7.10. The number of carboxylic acids is 1. The maximum atomic E-state index is 14.6. The van der Waals surface area contributed by atoms with Crippen LogP contribution in [-0.4, -0.2) is 60.2 Å². The second kappa shape index (κ2) is 13.0. The molecule has 4 aliphatic rings. The van der Waals surface area contributed by atoms with Gasteiger partial charge in [0.05, 0.1) is 30.1 Å². The van der Waals surface area contributed by atoms with Gasteiger partial charge in [0.15, 0.2) is 0 Å². The van der Waals surface area contributed by atoms with Crippen LogP contribution in [0.25, 0.3) is 0 Å². The van der Waals surface area contributed by atoms with E-state index >= 15 is 0 Å². The van der Waals surface area contributed by atoms with Crippen LogP contribution >= 0.6 is 11.3 Å². The third kappa shape index (κ3) is 6.53. The molecule has 4 atom stereocenters. The lowest BCUT2D eigenvalue weighted by Gasteiger charge is -2.46. The molecule has 1 aromatic carbocycles. The lowest BCUT2D eigenvalue weighted by atomic mass is 9.71. The molecule has 2 saturated heterocycles. The number of benzene rings is 1. The quantitative estimate of drug-likeness (QED) is 0.557. The standard InChI is InChI=1S/C29H40N4OS.C2HF3O2/c1-20-32-25-18-30-14-13-29(27(25)35-20)19-31-17-24(29)28(34)33-15-12-23(21-8-4-2-5-9-21)16-26(33)22-10-6-3-7-11-22;3-2(4,5)1(6)7/h2,4-5,8-9,22-24,26,30-31H,3,6-7,10-19H2,1H3;(H,6,7)/p+1/t23-,24?,26+,29-;/m1./s1. The number of hydrogen-bond donors (Lipinski definition) is 2. The van der Waals surface area contributed by atoms with Crippen LogP contribution in [0.15, 0.2) is 30.3 Å². The first-order chi connectivity index (χ1) is 20.1. The lowest BCUT2D eigenvalue weighted by molar-refractivity contribution is -0.672. The molecular weight excluding hydrogens is 565 g/mol. The Morgan fingerprint density at radius 3 is 2.50 bits per heavy atom. The summed E-state index contributed by atoms with van der Waals surface area (Å²) in [6.07, 6.45) is 4.77. The Kier molecular flexibility index (Phi) is 9.59. The van der Waals surface area contributed by atoms with E-state index in [2.05, 4.69) is 52.8 Å². The van der Waals surface area contributed by atoms with Gasteiger partial charge in [0.1, 0.15) is 24.1 Å². The number of halogens is 3. The molecule has 230 valence electrons. The average molecular weight is 608 g/mol. The van der Waals surface area contributed by atoms with Crippen molar-refractivity contribution in [1.82, 2.24) is 9.88 Å². The topological polar surface area (TPSA) is 107 Å². The van der Waals surface area contributed by atoms with Crippen molar-refractivity contribution in [3.05, 3.63) is 51.5 Å². The maximum Gasteiger partial charge on any atom is 0.430 e. The minimum absolute atomic E-state index is 0.0290. The van der Waals surface area contributed by atoms with Crippen molar-refractivity contribution in [2.24, 2.45) is 11.8 Å². The van der Waals surface area contributed by atoms with Crippen molar-refractivity contribution in [1.29, 1.82) is 0 Å². The molecule has 42 heavy (non-hydrogen) atoms. The van der Waals surface area contributed by atoms with Crippen LogP contribution in [0.1, 0.15) is 78.4 Å². The Hall–Kier alpha value is -2.50. The molecule has 2 aromatic rings. The number of alkyl halides is 3. The fraction of sp³-hybridized carbons (Fsp3) is 0.645. The molecule has 7 nitrogen and oxygen atoms in total. The number of quaternary nitrogens is 2. The molecular formula is C31H42F3N4O3S+. The number of fused-ring (bicyclic) bond motifs is 2.